The Labute approximate surface area is 176 Å². The van der Waals surface area contributed by atoms with Gasteiger partial charge >= 0.3 is 0 Å². The Balaban J connectivity index is 2.03. The first-order valence-corrected chi connectivity index (χ1v) is 10.3. The third-order valence-corrected chi connectivity index (χ3v) is 4.57. The van der Waals surface area contributed by atoms with Gasteiger partial charge in [0.15, 0.2) is 11.5 Å². The topological polar surface area (TPSA) is 91.2 Å². The number of pyridine rings is 2. The van der Waals surface area contributed by atoms with Crippen molar-refractivity contribution in [1.82, 2.24) is 19.5 Å². The maximum absolute atomic E-state index is 13.1. The molecule has 0 aliphatic rings. The minimum absolute atomic E-state index is 0.171. The average Bonchev–Trinajstić information content (AvgIpc) is 2.76. The molecule has 0 amide bonds. The summed E-state index contributed by atoms with van der Waals surface area (Å²) in [4.78, 5) is 26.4. The van der Waals surface area contributed by atoms with Crippen molar-refractivity contribution in [1.29, 1.82) is 0 Å². The molecule has 0 aromatic carbocycles. The van der Waals surface area contributed by atoms with E-state index in [2.05, 4.69) is 41.0 Å². The number of methoxy groups -OCH3 is 1. The molecule has 0 spiro atoms. The summed E-state index contributed by atoms with van der Waals surface area (Å²) in [7, 11) is 1.58. The first-order valence-electron chi connectivity index (χ1n) is 10.3. The third-order valence-electron chi connectivity index (χ3n) is 4.57. The van der Waals surface area contributed by atoms with E-state index < -0.39 is 0 Å². The smallest absolute Gasteiger partial charge is 0.293 e. The quantitative estimate of drug-likeness (QED) is 0.512. The minimum Gasteiger partial charge on any atom is -0.481 e. The number of ether oxygens (including phenoxy) is 2. The van der Waals surface area contributed by atoms with Crippen molar-refractivity contribution >= 4 is 17.0 Å². The van der Waals surface area contributed by atoms with E-state index >= 15 is 0 Å². The van der Waals surface area contributed by atoms with Gasteiger partial charge in [0.25, 0.3) is 5.56 Å². The molecule has 0 saturated carbocycles. The molecule has 160 valence electrons. The second-order valence-corrected chi connectivity index (χ2v) is 7.46. The largest absolute Gasteiger partial charge is 0.481 e. The molecule has 0 saturated heterocycles. The summed E-state index contributed by atoms with van der Waals surface area (Å²) < 4.78 is 12.4. The first kappa shape index (κ1) is 21.7. The van der Waals surface area contributed by atoms with E-state index in [4.69, 9.17) is 9.47 Å². The average molecular weight is 412 g/mol. The molecule has 0 unspecified atom stereocenters. The van der Waals surface area contributed by atoms with Gasteiger partial charge in [0.2, 0.25) is 5.88 Å². The number of aromatic nitrogens is 4. The lowest BCUT2D eigenvalue weighted by Gasteiger charge is -2.14. The Kier molecular flexibility index (Phi) is 7.35. The fourth-order valence-corrected chi connectivity index (χ4v) is 2.99. The van der Waals surface area contributed by atoms with Crippen molar-refractivity contribution in [3.05, 3.63) is 40.9 Å². The highest BCUT2D eigenvalue weighted by molar-refractivity contribution is 5.78. The highest BCUT2D eigenvalue weighted by Gasteiger charge is 2.14. The van der Waals surface area contributed by atoms with Crippen LogP contribution in [-0.4, -0.2) is 46.4 Å². The lowest BCUT2D eigenvalue weighted by atomic mass is 10.1. The zero-order valence-corrected chi connectivity index (χ0v) is 18.0. The van der Waals surface area contributed by atoms with Gasteiger partial charge in [0.1, 0.15) is 0 Å². The monoisotopic (exact) mass is 411 g/mol. The molecular weight excluding hydrogens is 382 g/mol. The van der Waals surface area contributed by atoms with Crippen molar-refractivity contribution in [2.45, 2.75) is 33.7 Å². The van der Waals surface area contributed by atoms with Crippen LogP contribution in [-0.2, 0) is 11.3 Å². The van der Waals surface area contributed by atoms with Crippen LogP contribution in [0.25, 0.3) is 22.3 Å². The third kappa shape index (κ3) is 5.13. The van der Waals surface area contributed by atoms with Gasteiger partial charge in [0, 0.05) is 49.3 Å². The van der Waals surface area contributed by atoms with Gasteiger partial charge in [-0.05, 0) is 24.5 Å². The van der Waals surface area contributed by atoms with Crippen LogP contribution in [0.2, 0.25) is 0 Å². The molecule has 1 N–H and O–H groups in total. The highest BCUT2D eigenvalue weighted by Crippen LogP contribution is 2.23. The maximum Gasteiger partial charge on any atom is 0.293 e. The molecule has 8 nitrogen and oxygen atoms in total. The van der Waals surface area contributed by atoms with Gasteiger partial charge in [-0.25, -0.2) is 15.0 Å². The zero-order valence-electron chi connectivity index (χ0n) is 18.0. The van der Waals surface area contributed by atoms with E-state index in [0.717, 1.165) is 17.5 Å². The normalized spacial score (nSPS) is 11.2. The summed E-state index contributed by atoms with van der Waals surface area (Å²) in [6.45, 7) is 8.43. The molecular formula is C22H29N5O3. The molecule has 3 aromatic heterocycles. The Morgan fingerprint density at radius 1 is 1.13 bits per heavy atom. The summed E-state index contributed by atoms with van der Waals surface area (Å²) >= 11 is 0. The van der Waals surface area contributed by atoms with Gasteiger partial charge in [-0.15, -0.1) is 0 Å². The second-order valence-electron chi connectivity index (χ2n) is 7.46. The summed E-state index contributed by atoms with van der Waals surface area (Å²) in [6.07, 6.45) is 4.40. The number of hydrogen-bond donors (Lipinski definition) is 1. The predicted octanol–water partition coefficient (Wildman–Crippen LogP) is 3.36. The zero-order chi connectivity index (χ0) is 21.5. The molecule has 3 aromatic rings. The fraction of sp³-hybridized carbons (Fsp3) is 0.455. The van der Waals surface area contributed by atoms with E-state index in [1.807, 2.05) is 12.1 Å². The van der Waals surface area contributed by atoms with Crippen molar-refractivity contribution in [3.8, 4) is 17.0 Å². The van der Waals surface area contributed by atoms with Crippen molar-refractivity contribution < 1.29 is 9.47 Å². The number of nitrogens with one attached hydrogen (secondary N) is 1. The molecule has 0 atom stereocenters. The Morgan fingerprint density at radius 3 is 2.60 bits per heavy atom. The summed E-state index contributed by atoms with van der Waals surface area (Å²) in [5.41, 5.74) is 2.75. The van der Waals surface area contributed by atoms with Crippen LogP contribution in [0.3, 0.4) is 0 Å². The molecule has 8 heteroatoms. The first-order chi connectivity index (χ1) is 14.5. The van der Waals surface area contributed by atoms with Crippen LogP contribution in [0.15, 0.2) is 35.4 Å². The molecule has 3 rings (SSSR count). The Bertz CT molecular complexity index is 1030. The number of rotatable bonds is 10. The lowest BCUT2D eigenvalue weighted by molar-refractivity contribution is 0.127. The van der Waals surface area contributed by atoms with E-state index in [-0.39, 0.29) is 5.56 Å². The van der Waals surface area contributed by atoms with Crippen LogP contribution >= 0.6 is 0 Å². The number of nitrogens with zero attached hydrogens (tertiary/aromatic N) is 4. The number of fused-ring (bicyclic) bond motifs is 1. The van der Waals surface area contributed by atoms with Crippen molar-refractivity contribution in [2.24, 2.45) is 5.92 Å². The highest BCUT2D eigenvalue weighted by atomic mass is 16.5. The fourth-order valence-electron chi connectivity index (χ4n) is 2.99. The molecule has 0 bridgehead atoms. The lowest BCUT2D eigenvalue weighted by Crippen LogP contribution is -2.28. The Hall–Kier alpha value is -3.00. The molecule has 30 heavy (non-hydrogen) atoms. The van der Waals surface area contributed by atoms with Crippen LogP contribution < -0.4 is 15.6 Å². The van der Waals surface area contributed by atoms with Gasteiger partial charge in [-0.1, -0.05) is 20.8 Å². The van der Waals surface area contributed by atoms with Crippen LogP contribution in [0.4, 0.5) is 5.82 Å². The van der Waals surface area contributed by atoms with E-state index in [1.165, 1.54) is 0 Å². The maximum atomic E-state index is 13.1. The number of anilines is 1. The predicted molar refractivity (Wildman–Crippen MR) is 118 cm³/mol. The van der Waals surface area contributed by atoms with Crippen molar-refractivity contribution in [3.63, 3.8) is 0 Å². The van der Waals surface area contributed by atoms with Gasteiger partial charge in [-0.3, -0.25) is 9.36 Å². The van der Waals surface area contributed by atoms with E-state index in [1.54, 1.807) is 30.1 Å². The molecule has 3 heterocycles. The Morgan fingerprint density at radius 2 is 1.93 bits per heavy atom. The summed E-state index contributed by atoms with van der Waals surface area (Å²) in [6, 6.07) is 5.63. The summed E-state index contributed by atoms with van der Waals surface area (Å²) in [5, 5.41) is 3.16. The molecule has 0 aliphatic heterocycles. The molecule has 0 aliphatic carbocycles. The van der Waals surface area contributed by atoms with Crippen LogP contribution in [0, 0.1) is 5.92 Å². The standard InChI is InChI=1S/C22H29N5O3/c1-5-9-30-10-8-27-18-11-17(16-6-7-19(29-4)23-13-16)14-25-20(18)26-21(22(27)28)24-12-15(2)3/h6-7,11,13-15H,5,8-10,12H2,1-4H3,(H,24,25,26). The minimum atomic E-state index is -0.171. The van der Waals surface area contributed by atoms with Gasteiger partial charge in [0.05, 0.1) is 19.2 Å². The van der Waals surface area contributed by atoms with E-state index in [0.29, 0.717) is 55.1 Å². The van der Waals surface area contributed by atoms with Crippen molar-refractivity contribution in [2.75, 3.05) is 32.2 Å². The molecule has 0 fully saturated rings. The van der Waals surface area contributed by atoms with Crippen LogP contribution in [0.5, 0.6) is 5.88 Å². The van der Waals surface area contributed by atoms with E-state index in [9.17, 15) is 4.79 Å². The SMILES string of the molecule is CCCOCCn1c(=O)c(NCC(C)C)nc2ncc(-c3ccc(OC)nc3)cc21. The van der Waals surface area contributed by atoms with Gasteiger partial charge in [-0.2, -0.15) is 0 Å². The number of hydrogen-bond acceptors (Lipinski definition) is 7. The van der Waals surface area contributed by atoms with Crippen LogP contribution in [0.1, 0.15) is 27.2 Å². The van der Waals surface area contributed by atoms with Gasteiger partial charge < -0.3 is 14.8 Å². The summed E-state index contributed by atoms with van der Waals surface area (Å²) in [5.74, 6) is 1.25. The molecule has 0 radical (unpaired) electrons. The second kappa shape index (κ2) is 10.2.